The summed E-state index contributed by atoms with van der Waals surface area (Å²) >= 11 is 1.75. The molecule has 2 heteroatoms. The number of phenolic OH excluding ortho intramolecular Hbond substituents is 1. The van der Waals surface area contributed by atoms with Gasteiger partial charge >= 0.3 is 0 Å². The van der Waals surface area contributed by atoms with Crippen LogP contribution in [0.15, 0.2) is 4.90 Å². The van der Waals surface area contributed by atoms with E-state index in [9.17, 15) is 5.11 Å². The van der Waals surface area contributed by atoms with E-state index in [-0.39, 0.29) is 0 Å². The zero-order valence-electron chi connectivity index (χ0n) is 8.86. The van der Waals surface area contributed by atoms with E-state index in [2.05, 4.69) is 20.1 Å². The van der Waals surface area contributed by atoms with E-state index in [1.807, 2.05) is 13.8 Å². The van der Waals surface area contributed by atoms with Gasteiger partial charge in [0.25, 0.3) is 0 Å². The van der Waals surface area contributed by atoms with Crippen molar-refractivity contribution in [3.8, 4) is 5.75 Å². The van der Waals surface area contributed by atoms with Crippen molar-refractivity contribution in [1.82, 2.24) is 0 Å². The van der Waals surface area contributed by atoms with Gasteiger partial charge in [0.05, 0.1) is 0 Å². The molecule has 0 saturated carbocycles. The van der Waals surface area contributed by atoms with Crippen molar-refractivity contribution in [3.63, 3.8) is 0 Å². The Hall–Kier alpha value is -0.630. The van der Waals surface area contributed by atoms with Crippen molar-refractivity contribution < 1.29 is 5.11 Å². The number of hydrogen-bond acceptors (Lipinski definition) is 2. The summed E-state index contributed by atoms with van der Waals surface area (Å²) in [5.41, 5.74) is 4.42. The molecule has 1 aromatic carbocycles. The minimum atomic E-state index is 0.452. The highest BCUT2D eigenvalue weighted by molar-refractivity contribution is 7.98. The fourth-order valence-electron chi connectivity index (χ4n) is 1.56. The van der Waals surface area contributed by atoms with E-state index >= 15 is 0 Å². The summed E-state index contributed by atoms with van der Waals surface area (Å²) in [6.07, 6.45) is 2.07. The second-order valence-corrected chi connectivity index (χ2v) is 4.20. The number of rotatable bonds is 1. The summed E-state index contributed by atoms with van der Waals surface area (Å²) in [4.78, 5) is 1.30. The lowest BCUT2D eigenvalue weighted by atomic mass is 10.00. The van der Waals surface area contributed by atoms with Crippen LogP contribution in [0.2, 0.25) is 0 Å². The Bertz CT molecular complexity index is 313. The SMILES string of the molecule is CSc1c(C)c(C)c(O)c(C)c1C. The number of aromatic hydroxyl groups is 1. The number of benzene rings is 1. The van der Waals surface area contributed by atoms with Crippen molar-refractivity contribution >= 4 is 11.8 Å². The number of thioether (sulfide) groups is 1. The molecule has 0 bridgehead atoms. The molecule has 0 fully saturated rings. The average molecular weight is 196 g/mol. The number of hydrogen-bond donors (Lipinski definition) is 1. The lowest BCUT2D eigenvalue weighted by Crippen LogP contribution is -1.94. The van der Waals surface area contributed by atoms with Gasteiger partial charge < -0.3 is 5.11 Å². The Morgan fingerprint density at radius 1 is 0.846 bits per heavy atom. The van der Waals surface area contributed by atoms with Crippen LogP contribution in [0.1, 0.15) is 22.3 Å². The maximum absolute atomic E-state index is 9.78. The Morgan fingerprint density at radius 3 is 1.54 bits per heavy atom. The van der Waals surface area contributed by atoms with Crippen molar-refractivity contribution in [2.75, 3.05) is 6.26 Å². The maximum atomic E-state index is 9.78. The quantitative estimate of drug-likeness (QED) is 0.695. The molecular weight excluding hydrogens is 180 g/mol. The molecule has 1 rings (SSSR count). The molecule has 1 nitrogen and oxygen atoms in total. The summed E-state index contributed by atoms with van der Waals surface area (Å²) in [5.74, 6) is 0.452. The Kier molecular flexibility index (Phi) is 2.91. The molecule has 72 valence electrons. The average Bonchev–Trinajstić information content (AvgIpc) is 2.13. The molecular formula is C11H16OS. The first-order valence-corrected chi connectivity index (χ1v) is 5.56. The largest absolute Gasteiger partial charge is 0.507 e. The molecule has 1 N–H and O–H groups in total. The van der Waals surface area contributed by atoms with E-state index in [4.69, 9.17) is 0 Å². The molecule has 0 aliphatic heterocycles. The van der Waals surface area contributed by atoms with Gasteiger partial charge in [0.1, 0.15) is 5.75 Å². The van der Waals surface area contributed by atoms with E-state index < -0.39 is 0 Å². The maximum Gasteiger partial charge on any atom is 0.121 e. The molecule has 0 aliphatic rings. The summed E-state index contributed by atoms with van der Waals surface area (Å²) in [5, 5.41) is 9.78. The molecule has 0 aromatic heterocycles. The fraction of sp³-hybridized carbons (Fsp3) is 0.455. The Balaban J connectivity index is 3.56. The summed E-state index contributed by atoms with van der Waals surface area (Å²) in [6.45, 7) is 8.06. The molecule has 0 atom stereocenters. The molecule has 1 aromatic rings. The van der Waals surface area contributed by atoms with Crippen molar-refractivity contribution in [2.45, 2.75) is 32.6 Å². The predicted molar refractivity (Wildman–Crippen MR) is 58.8 cm³/mol. The van der Waals surface area contributed by atoms with Gasteiger partial charge in [-0.25, -0.2) is 0 Å². The molecule has 0 spiro atoms. The van der Waals surface area contributed by atoms with Gasteiger partial charge in [0, 0.05) is 4.90 Å². The highest BCUT2D eigenvalue weighted by atomic mass is 32.2. The molecule has 0 amide bonds. The van der Waals surface area contributed by atoms with Gasteiger partial charge in [-0.15, -0.1) is 11.8 Å². The van der Waals surface area contributed by atoms with E-state index in [0.29, 0.717) is 5.75 Å². The van der Waals surface area contributed by atoms with Crippen LogP contribution in [-0.2, 0) is 0 Å². The first kappa shape index (κ1) is 10.5. The number of phenols is 1. The third-order valence-electron chi connectivity index (χ3n) is 2.72. The van der Waals surface area contributed by atoms with Crippen LogP contribution in [0.5, 0.6) is 5.75 Å². The summed E-state index contributed by atoms with van der Waals surface area (Å²) < 4.78 is 0. The highest BCUT2D eigenvalue weighted by Crippen LogP contribution is 2.35. The van der Waals surface area contributed by atoms with Gasteiger partial charge in [0.15, 0.2) is 0 Å². The third-order valence-corrected chi connectivity index (χ3v) is 3.74. The normalized spacial score (nSPS) is 10.5. The van der Waals surface area contributed by atoms with Crippen LogP contribution in [0.4, 0.5) is 0 Å². The zero-order chi connectivity index (χ0) is 10.2. The lowest BCUT2D eigenvalue weighted by Gasteiger charge is -2.15. The first-order valence-electron chi connectivity index (χ1n) is 4.34. The topological polar surface area (TPSA) is 20.2 Å². The molecule has 13 heavy (non-hydrogen) atoms. The second-order valence-electron chi connectivity index (χ2n) is 3.38. The van der Waals surface area contributed by atoms with Crippen molar-refractivity contribution in [2.24, 2.45) is 0 Å². The minimum absolute atomic E-state index is 0.452. The lowest BCUT2D eigenvalue weighted by molar-refractivity contribution is 0.465. The van der Waals surface area contributed by atoms with Crippen LogP contribution in [0.25, 0.3) is 0 Å². The Labute approximate surface area is 84.2 Å². The third kappa shape index (κ3) is 1.55. The second kappa shape index (κ2) is 3.62. The van der Waals surface area contributed by atoms with E-state index in [1.54, 1.807) is 11.8 Å². The summed E-state index contributed by atoms with van der Waals surface area (Å²) in [7, 11) is 0. The zero-order valence-corrected chi connectivity index (χ0v) is 9.67. The fourth-order valence-corrected chi connectivity index (χ4v) is 2.48. The van der Waals surface area contributed by atoms with Crippen LogP contribution < -0.4 is 0 Å². The van der Waals surface area contributed by atoms with Gasteiger partial charge in [-0.3, -0.25) is 0 Å². The smallest absolute Gasteiger partial charge is 0.121 e. The highest BCUT2D eigenvalue weighted by Gasteiger charge is 2.12. The Morgan fingerprint density at radius 2 is 1.23 bits per heavy atom. The molecule has 0 heterocycles. The molecule has 0 radical (unpaired) electrons. The van der Waals surface area contributed by atoms with Crippen LogP contribution >= 0.6 is 11.8 Å². The van der Waals surface area contributed by atoms with Gasteiger partial charge in [-0.2, -0.15) is 0 Å². The molecule has 0 aliphatic carbocycles. The standard InChI is InChI=1S/C11H16OS/c1-6-8(3)11(13-5)9(4)7(2)10(6)12/h12H,1-5H3. The van der Waals surface area contributed by atoms with E-state index in [0.717, 1.165) is 11.1 Å². The predicted octanol–water partition coefficient (Wildman–Crippen LogP) is 3.35. The molecule has 0 unspecified atom stereocenters. The van der Waals surface area contributed by atoms with Crippen LogP contribution in [0.3, 0.4) is 0 Å². The monoisotopic (exact) mass is 196 g/mol. The van der Waals surface area contributed by atoms with Gasteiger partial charge in [-0.05, 0) is 56.2 Å². The van der Waals surface area contributed by atoms with Crippen LogP contribution in [-0.4, -0.2) is 11.4 Å². The summed E-state index contributed by atoms with van der Waals surface area (Å²) in [6, 6.07) is 0. The van der Waals surface area contributed by atoms with Gasteiger partial charge in [-0.1, -0.05) is 0 Å². The molecule has 0 saturated heterocycles. The van der Waals surface area contributed by atoms with Gasteiger partial charge in [0.2, 0.25) is 0 Å². The van der Waals surface area contributed by atoms with Crippen LogP contribution in [0, 0.1) is 27.7 Å². The van der Waals surface area contributed by atoms with Crippen molar-refractivity contribution in [1.29, 1.82) is 0 Å². The minimum Gasteiger partial charge on any atom is -0.507 e. The first-order chi connectivity index (χ1) is 6.00. The van der Waals surface area contributed by atoms with Crippen molar-refractivity contribution in [3.05, 3.63) is 22.3 Å². The van der Waals surface area contributed by atoms with E-state index in [1.165, 1.54) is 16.0 Å².